The van der Waals surface area contributed by atoms with E-state index in [0.717, 1.165) is 61.9 Å². The van der Waals surface area contributed by atoms with Crippen LogP contribution in [0.5, 0.6) is 11.5 Å². The number of benzene rings is 11. The summed E-state index contributed by atoms with van der Waals surface area (Å²) in [6, 6.07) is 91.4. The van der Waals surface area contributed by atoms with Gasteiger partial charge in [-0.25, -0.2) is 4.98 Å². The summed E-state index contributed by atoms with van der Waals surface area (Å²) in [4.78, 5) is 10.5. The Kier molecular flexibility index (Phi) is 14.3. The van der Waals surface area contributed by atoms with Gasteiger partial charge in [-0.1, -0.05) is 286 Å². The first-order chi connectivity index (χ1) is 46.7. The second kappa shape index (κ2) is 22.4. The van der Waals surface area contributed by atoms with Crippen molar-refractivity contribution in [2.24, 2.45) is 0 Å². The highest BCUT2D eigenvalue weighted by atomic mass is 16.5. The quantitative estimate of drug-likeness (QED) is 0.152. The molecular formula is C93H88N4O. The Morgan fingerprint density at radius 3 is 1.44 bits per heavy atom. The number of anilines is 4. The lowest BCUT2D eigenvalue weighted by atomic mass is 9.70. The number of rotatable bonds is 8. The summed E-state index contributed by atoms with van der Waals surface area (Å²) in [5, 5.41) is 2.35. The summed E-state index contributed by atoms with van der Waals surface area (Å²) in [6.07, 6.45) is 2.12. The van der Waals surface area contributed by atoms with Gasteiger partial charge >= 0.3 is 0 Å². The van der Waals surface area contributed by atoms with Crippen molar-refractivity contribution >= 4 is 44.6 Å². The van der Waals surface area contributed by atoms with Crippen molar-refractivity contribution in [2.75, 3.05) is 16.5 Å². The van der Waals surface area contributed by atoms with Gasteiger partial charge in [0, 0.05) is 51.5 Å². The van der Waals surface area contributed by atoms with Gasteiger partial charge in [0.05, 0.1) is 33.5 Å². The number of aromatic nitrogens is 2. The van der Waals surface area contributed by atoms with Crippen LogP contribution in [0.4, 0.5) is 22.7 Å². The number of pyridine rings is 1. The highest BCUT2D eigenvalue weighted by Crippen LogP contribution is 2.65. The van der Waals surface area contributed by atoms with E-state index in [1.165, 1.54) is 106 Å². The second-order valence-corrected chi connectivity index (χ2v) is 32.9. The van der Waals surface area contributed by atoms with Gasteiger partial charge < -0.3 is 14.5 Å². The summed E-state index contributed by atoms with van der Waals surface area (Å²) in [5.74, 6) is 2.35. The number of hydrogen-bond acceptors (Lipinski definition) is 4. The van der Waals surface area contributed by atoms with Crippen LogP contribution in [0.25, 0.3) is 83.3 Å². The van der Waals surface area contributed by atoms with Crippen LogP contribution < -0.4 is 14.5 Å². The largest absolute Gasteiger partial charge is 0.457 e. The monoisotopic (exact) mass is 1280 g/mol. The molecule has 1 aliphatic heterocycles. The van der Waals surface area contributed by atoms with E-state index in [-0.39, 0.29) is 27.1 Å². The molecule has 0 unspecified atom stereocenters. The summed E-state index contributed by atoms with van der Waals surface area (Å²) in [5.41, 5.74) is 29.9. The highest BCUT2D eigenvalue weighted by Gasteiger charge is 2.52. The maximum absolute atomic E-state index is 7.26. The van der Waals surface area contributed by atoms with Crippen LogP contribution in [0.2, 0.25) is 0 Å². The third-order valence-corrected chi connectivity index (χ3v) is 21.3. The topological polar surface area (TPSA) is 33.5 Å². The number of fused-ring (bicyclic) bond motifs is 15. The van der Waals surface area contributed by atoms with E-state index < -0.39 is 5.41 Å². The third kappa shape index (κ3) is 10.1. The third-order valence-electron chi connectivity index (χ3n) is 21.3. The van der Waals surface area contributed by atoms with Crippen molar-refractivity contribution in [2.45, 2.75) is 136 Å². The zero-order valence-corrected chi connectivity index (χ0v) is 59.6. The normalized spacial score (nSPS) is 14.1. The minimum atomic E-state index is -0.497. The molecule has 0 fully saturated rings. The van der Waals surface area contributed by atoms with Crippen molar-refractivity contribution in [3.63, 3.8) is 0 Å². The van der Waals surface area contributed by atoms with Gasteiger partial charge in [0.2, 0.25) is 0 Å². The summed E-state index contributed by atoms with van der Waals surface area (Å²) >= 11 is 0. The molecule has 0 N–H and O–H groups in total. The summed E-state index contributed by atoms with van der Waals surface area (Å²) < 4.78 is 9.66. The average Bonchev–Trinajstić information content (AvgIpc) is 1.50. The maximum atomic E-state index is 7.26. The molecule has 98 heavy (non-hydrogen) atoms. The molecule has 0 radical (unpaired) electrons. The Bertz CT molecular complexity index is 5280. The van der Waals surface area contributed by atoms with Crippen molar-refractivity contribution in [3.05, 3.63) is 299 Å². The van der Waals surface area contributed by atoms with E-state index in [1.54, 1.807) is 0 Å². The van der Waals surface area contributed by atoms with E-state index in [0.29, 0.717) is 6.67 Å². The van der Waals surface area contributed by atoms with E-state index >= 15 is 0 Å². The van der Waals surface area contributed by atoms with Crippen LogP contribution in [0.1, 0.15) is 154 Å². The zero-order valence-electron chi connectivity index (χ0n) is 59.6. The molecule has 2 aromatic heterocycles. The molecule has 0 atom stereocenters. The summed E-state index contributed by atoms with van der Waals surface area (Å²) in [6.45, 7) is 35.2. The van der Waals surface area contributed by atoms with Gasteiger partial charge in [0.15, 0.2) is 0 Å². The maximum Gasteiger partial charge on any atom is 0.137 e. The first kappa shape index (κ1) is 62.6. The van der Waals surface area contributed by atoms with Gasteiger partial charge in [-0.2, -0.15) is 0 Å². The number of ether oxygens (including phenoxy) is 1. The molecule has 5 nitrogen and oxygen atoms in total. The van der Waals surface area contributed by atoms with E-state index in [4.69, 9.17) is 9.72 Å². The van der Waals surface area contributed by atoms with Crippen LogP contribution >= 0.6 is 0 Å². The lowest BCUT2D eigenvalue weighted by Gasteiger charge is -2.30. The molecule has 0 bridgehead atoms. The fourth-order valence-electron chi connectivity index (χ4n) is 16.1. The Labute approximate surface area is 580 Å². The number of hydrogen-bond donors (Lipinski definition) is 0. The zero-order chi connectivity index (χ0) is 68.2. The molecule has 16 rings (SSSR count). The minimum absolute atomic E-state index is 0.0239. The van der Waals surface area contributed by atoms with E-state index in [9.17, 15) is 0 Å². The van der Waals surface area contributed by atoms with E-state index in [1.807, 2.05) is 0 Å². The molecular weight excluding hydrogens is 1190 g/mol. The van der Waals surface area contributed by atoms with Crippen molar-refractivity contribution in [3.8, 4) is 73.0 Å². The van der Waals surface area contributed by atoms with Gasteiger partial charge in [-0.15, -0.1) is 0 Å². The average molecular weight is 1280 g/mol. The molecule has 486 valence electrons. The van der Waals surface area contributed by atoms with E-state index in [2.05, 4.69) is 367 Å². The van der Waals surface area contributed by atoms with Gasteiger partial charge in [0.1, 0.15) is 24.0 Å². The Hall–Kier alpha value is -10.2. The van der Waals surface area contributed by atoms with Gasteiger partial charge in [-0.05, 0) is 165 Å². The van der Waals surface area contributed by atoms with Crippen LogP contribution in [-0.2, 0) is 32.5 Å². The van der Waals surface area contributed by atoms with Crippen LogP contribution in [0.3, 0.4) is 0 Å². The van der Waals surface area contributed by atoms with Crippen molar-refractivity contribution in [1.82, 2.24) is 9.55 Å². The van der Waals surface area contributed by atoms with Crippen molar-refractivity contribution in [1.29, 1.82) is 0 Å². The predicted molar refractivity (Wildman–Crippen MR) is 413 cm³/mol. The molecule has 1 spiro atoms. The lowest BCUT2D eigenvalue weighted by molar-refractivity contribution is 0.483. The van der Waals surface area contributed by atoms with Gasteiger partial charge in [-0.3, -0.25) is 4.57 Å². The molecule has 3 heterocycles. The first-order valence-corrected chi connectivity index (χ1v) is 35.1. The minimum Gasteiger partial charge on any atom is -0.457 e. The number of nitrogens with zero attached hydrogens (tertiary/aromatic N) is 4. The number of para-hydroxylation sites is 3. The fourth-order valence-corrected chi connectivity index (χ4v) is 16.1. The van der Waals surface area contributed by atoms with Gasteiger partial charge in [0.25, 0.3) is 0 Å². The molecule has 2 aliphatic carbocycles. The summed E-state index contributed by atoms with van der Waals surface area (Å²) in [7, 11) is 0. The predicted octanol–water partition coefficient (Wildman–Crippen LogP) is 25.1. The molecule has 0 amide bonds. The smallest absolute Gasteiger partial charge is 0.137 e. The van der Waals surface area contributed by atoms with Crippen LogP contribution in [0, 0.1) is 0 Å². The Morgan fingerprint density at radius 2 is 0.857 bits per heavy atom. The Balaban J connectivity index is 0.842. The molecule has 13 aromatic rings. The Morgan fingerprint density at radius 1 is 0.357 bits per heavy atom. The molecule has 3 aliphatic rings. The molecule has 11 aromatic carbocycles. The second-order valence-electron chi connectivity index (χ2n) is 32.9. The fraction of sp³-hybridized carbons (Fsp3) is 0.237. The molecule has 0 saturated carbocycles. The lowest BCUT2D eigenvalue weighted by Crippen LogP contribution is -2.25. The first-order valence-electron chi connectivity index (χ1n) is 35.1. The SMILES string of the molecule is CC(C)(C)c1ccc(-c2cnc(-n3c4cc(Oc5cccc(N6CN(c7c(-c8ccc(C(C)(C)C)cc8)cccc7-c7cc(C(C)(C)C)cc(C(C)(C)C)c7)c7ccccc76)c5)ccc4c4c5c(ccc43)C3(c4ccccc4-c4ccccc43)c3ccccc3-5)cc2C(C)(C)C)cc1. The molecule has 0 saturated heterocycles. The standard InChI is InChI=1S/C93H88N4O/c1-88(2,3)61-42-38-58(39-43-61)68-31-25-32-69(60-50-63(90(7,8)9)52-64(51-60)91(10,11)12)87(68)96-57-95(80-36-22-23-37-81(80)96)65-26-24-27-66(53-65)98-67-46-47-73-83(54-67)97(84-55-79(92(13,14)15)74(56-94-84)59-40-44-62(45-41-59)89(4,5)6)82-49-48-78-85(86(73)82)72-30-18-21-35-77(72)93(78)75-33-19-16-28-70(75)71-29-17-20-34-76(71)93/h16-56H,57H2,1-15H3. The van der Waals surface area contributed by atoms with Crippen LogP contribution in [-0.4, -0.2) is 16.2 Å². The van der Waals surface area contributed by atoms with Crippen molar-refractivity contribution < 1.29 is 4.74 Å². The molecule has 5 heteroatoms. The van der Waals surface area contributed by atoms with Crippen LogP contribution in [0.15, 0.2) is 249 Å². The highest BCUT2D eigenvalue weighted by molar-refractivity contribution is 6.19.